The predicted octanol–water partition coefficient (Wildman–Crippen LogP) is 12.0. The topological polar surface area (TPSA) is 131 Å². The Labute approximate surface area is 315 Å². The van der Waals surface area contributed by atoms with Crippen LogP contribution in [-0.4, -0.2) is 47.8 Å². The standard InChI is InChI=1S/C42H85N2O6P/c1-3-5-7-9-11-13-15-17-18-19-20-21-22-23-24-25-27-29-31-33-35-41(45)40(39-50-51(47,48)49-38-37-43)44-42(46)36-34-32-30-28-26-16-14-12-10-8-6-4-2/h33,35,40-41,45H,3-32,34,36-39,43H2,1-2H3,(H,44,46)(H,47,48)/b35-33+. The third kappa shape index (κ3) is 37.4. The Morgan fingerprint density at radius 3 is 1.39 bits per heavy atom. The zero-order valence-corrected chi connectivity index (χ0v) is 34.5. The van der Waals surface area contributed by atoms with Crippen LogP contribution in [-0.2, 0) is 18.4 Å². The van der Waals surface area contributed by atoms with Gasteiger partial charge in [-0.3, -0.25) is 13.8 Å². The van der Waals surface area contributed by atoms with E-state index in [1.54, 1.807) is 6.08 Å². The number of aliphatic hydroxyl groups is 1. The Morgan fingerprint density at radius 2 is 1.00 bits per heavy atom. The highest BCUT2D eigenvalue weighted by Crippen LogP contribution is 2.43. The molecule has 0 aliphatic heterocycles. The van der Waals surface area contributed by atoms with Gasteiger partial charge in [0.05, 0.1) is 25.4 Å². The molecule has 0 aromatic heterocycles. The summed E-state index contributed by atoms with van der Waals surface area (Å²) in [6.07, 6.45) is 42.6. The van der Waals surface area contributed by atoms with E-state index in [1.165, 1.54) is 161 Å². The van der Waals surface area contributed by atoms with Gasteiger partial charge in [0.1, 0.15) is 0 Å². The molecular formula is C42H85N2O6P. The average Bonchev–Trinajstić information content (AvgIpc) is 3.12. The highest BCUT2D eigenvalue weighted by molar-refractivity contribution is 7.47. The summed E-state index contributed by atoms with van der Waals surface area (Å²) >= 11 is 0. The lowest BCUT2D eigenvalue weighted by Gasteiger charge is -2.23. The molecule has 0 saturated heterocycles. The van der Waals surface area contributed by atoms with Gasteiger partial charge in [-0.1, -0.05) is 206 Å². The van der Waals surface area contributed by atoms with Gasteiger partial charge in [0.2, 0.25) is 5.91 Å². The Morgan fingerprint density at radius 1 is 0.627 bits per heavy atom. The van der Waals surface area contributed by atoms with E-state index >= 15 is 0 Å². The maximum atomic E-state index is 12.7. The first-order chi connectivity index (χ1) is 24.9. The maximum Gasteiger partial charge on any atom is 0.472 e. The number of carbonyl (C=O) groups is 1. The van der Waals surface area contributed by atoms with Crippen molar-refractivity contribution in [3.63, 3.8) is 0 Å². The van der Waals surface area contributed by atoms with E-state index in [0.717, 1.165) is 38.5 Å². The predicted molar refractivity (Wildman–Crippen MR) is 217 cm³/mol. The van der Waals surface area contributed by atoms with E-state index in [1.807, 2.05) is 6.08 Å². The van der Waals surface area contributed by atoms with Gasteiger partial charge < -0.3 is 21.1 Å². The SMILES string of the molecule is CCCCCCCCCCCCCCCCCCCC/C=C/C(O)C(COP(=O)(O)OCCN)NC(=O)CCCCCCCCCCCCCC. The van der Waals surface area contributed by atoms with Crippen molar-refractivity contribution in [3.8, 4) is 0 Å². The molecule has 0 aromatic carbocycles. The van der Waals surface area contributed by atoms with Crippen molar-refractivity contribution in [1.29, 1.82) is 0 Å². The second kappa shape index (κ2) is 38.9. The molecule has 3 unspecified atom stereocenters. The Kier molecular flexibility index (Phi) is 38.4. The first-order valence-electron chi connectivity index (χ1n) is 21.8. The monoisotopic (exact) mass is 745 g/mol. The lowest BCUT2D eigenvalue weighted by atomic mass is 10.0. The van der Waals surface area contributed by atoms with Crippen LogP contribution in [0.2, 0.25) is 0 Å². The number of hydrogen-bond donors (Lipinski definition) is 4. The molecule has 0 saturated carbocycles. The molecule has 51 heavy (non-hydrogen) atoms. The molecule has 0 fully saturated rings. The number of carbonyl (C=O) groups excluding carboxylic acids is 1. The van der Waals surface area contributed by atoms with Gasteiger partial charge in [0, 0.05) is 13.0 Å². The lowest BCUT2D eigenvalue weighted by molar-refractivity contribution is -0.123. The Hall–Kier alpha value is -0.760. The van der Waals surface area contributed by atoms with Gasteiger partial charge >= 0.3 is 7.82 Å². The van der Waals surface area contributed by atoms with Crippen LogP contribution in [0.25, 0.3) is 0 Å². The van der Waals surface area contributed by atoms with Crippen molar-refractivity contribution in [2.75, 3.05) is 19.8 Å². The summed E-state index contributed by atoms with van der Waals surface area (Å²) in [5, 5.41) is 13.7. The molecule has 0 rings (SSSR count). The van der Waals surface area contributed by atoms with E-state index in [2.05, 4.69) is 19.2 Å². The summed E-state index contributed by atoms with van der Waals surface area (Å²) in [6, 6.07) is -0.853. The van der Waals surface area contributed by atoms with Crippen molar-refractivity contribution in [1.82, 2.24) is 5.32 Å². The molecule has 304 valence electrons. The van der Waals surface area contributed by atoms with Crippen LogP contribution in [0.4, 0.5) is 0 Å². The Bertz CT molecular complexity index is 814. The zero-order valence-electron chi connectivity index (χ0n) is 33.6. The van der Waals surface area contributed by atoms with Crippen molar-refractivity contribution < 1.29 is 28.4 Å². The van der Waals surface area contributed by atoms with Crippen LogP contribution >= 0.6 is 7.82 Å². The number of rotatable bonds is 41. The van der Waals surface area contributed by atoms with Crippen molar-refractivity contribution in [3.05, 3.63) is 12.2 Å². The van der Waals surface area contributed by atoms with E-state index in [9.17, 15) is 19.4 Å². The Balaban J connectivity index is 4.16. The molecule has 3 atom stereocenters. The molecule has 8 nitrogen and oxygen atoms in total. The minimum absolute atomic E-state index is 0.0813. The molecule has 1 amide bonds. The fourth-order valence-electron chi connectivity index (χ4n) is 6.54. The fourth-order valence-corrected chi connectivity index (χ4v) is 7.30. The molecule has 0 spiro atoms. The van der Waals surface area contributed by atoms with Gasteiger partial charge in [0.25, 0.3) is 0 Å². The van der Waals surface area contributed by atoms with Gasteiger partial charge in [-0.15, -0.1) is 0 Å². The third-order valence-electron chi connectivity index (χ3n) is 9.86. The smallest absolute Gasteiger partial charge is 0.387 e. The second-order valence-corrected chi connectivity index (χ2v) is 16.4. The van der Waals surface area contributed by atoms with Crippen LogP contribution in [0.3, 0.4) is 0 Å². The summed E-state index contributed by atoms with van der Waals surface area (Å²) in [4.78, 5) is 22.6. The van der Waals surface area contributed by atoms with Crippen molar-refractivity contribution in [2.45, 2.75) is 231 Å². The van der Waals surface area contributed by atoms with Crippen molar-refractivity contribution in [2.24, 2.45) is 5.73 Å². The first-order valence-corrected chi connectivity index (χ1v) is 23.3. The number of amides is 1. The van der Waals surface area contributed by atoms with E-state index in [4.69, 9.17) is 14.8 Å². The molecule has 0 aliphatic carbocycles. The minimum Gasteiger partial charge on any atom is -0.387 e. The third-order valence-corrected chi connectivity index (χ3v) is 10.8. The normalized spacial score (nSPS) is 14.2. The van der Waals surface area contributed by atoms with Gasteiger partial charge in [-0.25, -0.2) is 4.57 Å². The number of allylic oxidation sites excluding steroid dienone is 1. The van der Waals surface area contributed by atoms with Crippen LogP contribution in [0.15, 0.2) is 12.2 Å². The highest BCUT2D eigenvalue weighted by atomic mass is 31.2. The summed E-state index contributed by atoms with van der Waals surface area (Å²) in [6.45, 7) is 4.15. The first kappa shape index (κ1) is 50.2. The number of phosphoric acid groups is 1. The van der Waals surface area contributed by atoms with Gasteiger partial charge in [-0.2, -0.15) is 0 Å². The molecule has 0 bridgehead atoms. The molecule has 9 heteroatoms. The summed E-state index contributed by atoms with van der Waals surface area (Å²) < 4.78 is 22.1. The number of unbranched alkanes of at least 4 members (excludes halogenated alkanes) is 29. The number of hydrogen-bond acceptors (Lipinski definition) is 6. The van der Waals surface area contributed by atoms with E-state index in [0.29, 0.717) is 6.42 Å². The van der Waals surface area contributed by atoms with Crippen LogP contribution < -0.4 is 11.1 Å². The summed E-state index contributed by atoms with van der Waals surface area (Å²) in [7, 11) is -4.33. The highest BCUT2D eigenvalue weighted by Gasteiger charge is 2.26. The van der Waals surface area contributed by atoms with E-state index in [-0.39, 0.29) is 25.7 Å². The van der Waals surface area contributed by atoms with Crippen molar-refractivity contribution >= 4 is 13.7 Å². The van der Waals surface area contributed by atoms with Gasteiger partial charge in [0.15, 0.2) is 0 Å². The molecule has 0 radical (unpaired) electrons. The van der Waals surface area contributed by atoms with E-state index < -0.39 is 20.0 Å². The zero-order chi connectivity index (χ0) is 37.5. The molecular weight excluding hydrogens is 659 g/mol. The average molecular weight is 745 g/mol. The van der Waals surface area contributed by atoms with Crippen LogP contribution in [0, 0.1) is 0 Å². The molecule has 5 N–H and O–H groups in total. The maximum absolute atomic E-state index is 12.7. The molecule has 0 aromatic rings. The summed E-state index contributed by atoms with van der Waals surface area (Å²) in [5.41, 5.74) is 5.37. The number of nitrogens with two attached hydrogens (primary N) is 1. The number of nitrogens with one attached hydrogen (secondary N) is 1. The minimum atomic E-state index is -4.33. The second-order valence-electron chi connectivity index (χ2n) is 14.9. The fraction of sp³-hybridized carbons (Fsp3) is 0.929. The van der Waals surface area contributed by atoms with Gasteiger partial charge in [-0.05, 0) is 19.3 Å². The van der Waals surface area contributed by atoms with Crippen LogP contribution in [0.1, 0.15) is 219 Å². The quantitative estimate of drug-likeness (QED) is 0.0278. The largest absolute Gasteiger partial charge is 0.472 e. The summed E-state index contributed by atoms with van der Waals surface area (Å²) in [5.74, 6) is -0.192. The molecule has 0 heterocycles. The lowest BCUT2D eigenvalue weighted by Crippen LogP contribution is -2.45. The number of aliphatic hydroxyl groups excluding tert-OH is 1. The molecule has 0 aliphatic rings. The van der Waals surface area contributed by atoms with Crippen LogP contribution in [0.5, 0.6) is 0 Å². The number of phosphoric ester groups is 1.